The van der Waals surface area contributed by atoms with E-state index in [1.807, 2.05) is 24.4 Å². The number of methoxy groups -OCH3 is 1. The molecule has 0 radical (unpaired) electrons. The molecule has 4 aromatic rings. The number of thiophene rings is 1. The van der Waals surface area contributed by atoms with E-state index in [4.69, 9.17) is 9.47 Å². The molecular formula is C27H30N2O4S. The monoisotopic (exact) mass is 478 g/mol. The van der Waals surface area contributed by atoms with Crippen molar-refractivity contribution in [2.24, 2.45) is 0 Å². The van der Waals surface area contributed by atoms with E-state index in [-0.39, 0.29) is 17.6 Å². The Morgan fingerprint density at radius 2 is 1.97 bits per heavy atom. The van der Waals surface area contributed by atoms with Gasteiger partial charge in [0.15, 0.2) is 0 Å². The fraction of sp³-hybridized carbons (Fsp3) is 0.333. The van der Waals surface area contributed by atoms with Crippen molar-refractivity contribution in [3.8, 4) is 16.9 Å². The van der Waals surface area contributed by atoms with Crippen LogP contribution in [0.1, 0.15) is 43.7 Å². The summed E-state index contributed by atoms with van der Waals surface area (Å²) >= 11 is 1.44. The number of aromatic nitrogens is 1. The van der Waals surface area contributed by atoms with Gasteiger partial charge in [-0.05, 0) is 53.5 Å². The Labute approximate surface area is 202 Å². The molecule has 0 fully saturated rings. The van der Waals surface area contributed by atoms with Gasteiger partial charge in [0.05, 0.1) is 19.2 Å². The summed E-state index contributed by atoms with van der Waals surface area (Å²) in [5.74, 6) is 0.895. The van der Waals surface area contributed by atoms with Crippen LogP contribution in [0.25, 0.3) is 32.1 Å². The minimum atomic E-state index is -0.374. The quantitative estimate of drug-likeness (QED) is 0.289. The van der Waals surface area contributed by atoms with Crippen LogP contribution in [0, 0.1) is 6.92 Å². The van der Waals surface area contributed by atoms with Crippen LogP contribution >= 0.6 is 11.3 Å². The van der Waals surface area contributed by atoms with Gasteiger partial charge in [-0.3, -0.25) is 4.79 Å². The minimum absolute atomic E-state index is 0.0680. The number of ether oxygens (including phenoxy) is 2. The average Bonchev–Trinajstić information content (AvgIpc) is 3.34. The second-order valence-electron chi connectivity index (χ2n) is 8.53. The standard InChI is InChI=1S/C27H30N2O4S/c1-5-6-12-33-27(31)28-15-17(3)18-7-9-19(10-8-18)22-21(32-4)14-16(2)24-23(22)20-11-13-34-25(20)26(30)29-24/h7-11,13-14,17H,5-6,12,15H2,1-4H3,(H,28,31)(H,29,30). The van der Waals surface area contributed by atoms with Crippen LogP contribution in [0.4, 0.5) is 4.79 Å². The molecule has 34 heavy (non-hydrogen) atoms. The number of amides is 1. The van der Waals surface area contributed by atoms with E-state index in [0.29, 0.717) is 17.9 Å². The predicted molar refractivity (Wildman–Crippen MR) is 139 cm³/mol. The number of hydrogen-bond donors (Lipinski definition) is 2. The molecule has 2 N–H and O–H groups in total. The highest BCUT2D eigenvalue weighted by Crippen LogP contribution is 2.41. The number of carbonyl (C=O) groups excluding carboxylic acids is 1. The molecule has 6 nitrogen and oxygen atoms in total. The lowest BCUT2D eigenvalue weighted by atomic mass is 9.93. The number of aryl methyl sites for hydroxylation is 1. The summed E-state index contributed by atoms with van der Waals surface area (Å²) in [5.41, 5.74) is 4.80. The van der Waals surface area contributed by atoms with Crippen LogP contribution in [0.5, 0.6) is 5.75 Å². The summed E-state index contributed by atoms with van der Waals surface area (Å²) in [7, 11) is 1.67. The van der Waals surface area contributed by atoms with Crippen molar-refractivity contribution in [2.45, 2.75) is 39.5 Å². The van der Waals surface area contributed by atoms with E-state index >= 15 is 0 Å². The summed E-state index contributed by atoms with van der Waals surface area (Å²) < 4.78 is 11.7. The maximum absolute atomic E-state index is 12.6. The summed E-state index contributed by atoms with van der Waals surface area (Å²) in [6.45, 7) is 7.05. The van der Waals surface area contributed by atoms with Gasteiger partial charge in [-0.25, -0.2) is 4.79 Å². The maximum atomic E-state index is 12.6. The van der Waals surface area contributed by atoms with Crippen LogP contribution < -0.4 is 15.6 Å². The first-order valence-electron chi connectivity index (χ1n) is 11.6. The van der Waals surface area contributed by atoms with Gasteiger partial charge in [0.1, 0.15) is 10.4 Å². The van der Waals surface area contributed by atoms with Gasteiger partial charge in [-0.1, -0.05) is 44.5 Å². The van der Waals surface area contributed by atoms with Gasteiger partial charge in [0, 0.05) is 22.9 Å². The van der Waals surface area contributed by atoms with E-state index in [9.17, 15) is 9.59 Å². The molecule has 0 bridgehead atoms. The number of rotatable bonds is 8. The van der Waals surface area contributed by atoms with Gasteiger partial charge in [0.25, 0.3) is 5.56 Å². The van der Waals surface area contributed by atoms with Gasteiger partial charge >= 0.3 is 6.09 Å². The zero-order valence-corrected chi connectivity index (χ0v) is 20.8. The van der Waals surface area contributed by atoms with Crippen molar-refractivity contribution in [3.05, 3.63) is 63.3 Å². The Hall–Kier alpha value is -3.32. The van der Waals surface area contributed by atoms with Crippen molar-refractivity contribution in [1.29, 1.82) is 0 Å². The molecule has 4 rings (SSSR count). The van der Waals surface area contributed by atoms with Crippen LogP contribution in [0.2, 0.25) is 0 Å². The number of hydrogen-bond acceptors (Lipinski definition) is 5. The molecule has 0 saturated heterocycles. The molecular weight excluding hydrogens is 448 g/mol. The molecule has 1 amide bonds. The highest BCUT2D eigenvalue weighted by Gasteiger charge is 2.18. The molecule has 0 aliphatic heterocycles. The van der Waals surface area contributed by atoms with E-state index in [2.05, 4.69) is 48.4 Å². The molecule has 0 spiro atoms. The third-order valence-electron chi connectivity index (χ3n) is 6.14. The average molecular weight is 479 g/mol. The topological polar surface area (TPSA) is 80.4 Å². The predicted octanol–water partition coefficient (Wildman–Crippen LogP) is 6.36. The number of aromatic amines is 1. The second-order valence-corrected chi connectivity index (χ2v) is 9.45. The molecule has 2 aromatic heterocycles. The molecule has 1 unspecified atom stereocenters. The summed E-state index contributed by atoms with van der Waals surface area (Å²) in [5, 5.41) is 6.72. The second kappa shape index (κ2) is 10.3. The van der Waals surface area contributed by atoms with Gasteiger partial charge in [-0.15, -0.1) is 11.3 Å². The number of benzene rings is 2. The van der Waals surface area contributed by atoms with Crippen molar-refractivity contribution < 1.29 is 14.3 Å². The van der Waals surface area contributed by atoms with E-state index < -0.39 is 0 Å². The molecule has 0 aliphatic carbocycles. The lowest BCUT2D eigenvalue weighted by Gasteiger charge is -2.17. The van der Waals surface area contributed by atoms with E-state index in [1.54, 1.807) is 7.11 Å². The smallest absolute Gasteiger partial charge is 0.407 e. The third kappa shape index (κ3) is 4.66. The van der Waals surface area contributed by atoms with Crippen molar-refractivity contribution >= 4 is 38.4 Å². The fourth-order valence-electron chi connectivity index (χ4n) is 4.21. The molecule has 178 valence electrons. The molecule has 0 aliphatic rings. The maximum Gasteiger partial charge on any atom is 0.407 e. The highest BCUT2D eigenvalue weighted by atomic mass is 32.1. The Morgan fingerprint density at radius 3 is 2.68 bits per heavy atom. The van der Waals surface area contributed by atoms with Crippen molar-refractivity contribution in [1.82, 2.24) is 10.3 Å². The number of fused-ring (bicyclic) bond motifs is 3. The fourth-order valence-corrected chi connectivity index (χ4v) is 5.00. The zero-order chi connectivity index (χ0) is 24.2. The van der Waals surface area contributed by atoms with E-state index in [1.165, 1.54) is 11.3 Å². The molecule has 1 atom stereocenters. The summed E-state index contributed by atoms with van der Waals surface area (Å²) in [6.07, 6.45) is 1.49. The zero-order valence-electron chi connectivity index (χ0n) is 20.0. The first-order chi connectivity index (χ1) is 16.4. The first-order valence-corrected chi connectivity index (χ1v) is 12.4. The third-order valence-corrected chi connectivity index (χ3v) is 7.05. The normalized spacial score (nSPS) is 12.1. The number of H-pyrrole nitrogens is 1. The lowest BCUT2D eigenvalue weighted by Crippen LogP contribution is -2.28. The van der Waals surface area contributed by atoms with Crippen LogP contribution in [0.3, 0.4) is 0 Å². The lowest BCUT2D eigenvalue weighted by molar-refractivity contribution is 0.144. The van der Waals surface area contributed by atoms with Crippen LogP contribution in [-0.2, 0) is 4.74 Å². The van der Waals surface area contributed by atoms with Gasteiger partial charge in [0.2, 0.25) is 0 Å². The number of alkyl carbamates (subject to hydrolysis) is 1. The largest absolute Gasteiger partial charge is 0.496 e. The first kappa shape index (κ1) is 23.8. The molecule has 0 saturated carbocycles. The Bertz CT molecular complexity index is 1370. The number of nitrogens with one attached hydrogen (secondary N) is 2. The molecule has 2 aromatic carbocycles. The number of carbonyl (C=O) groups is 1. The Morgan fingerprint density at radius 1 is 1.21 bits per heavy atom. The highest BCUT2D eigenvalue weighted by molar-refractivity contribution is 7.17. The molecule has 2 heterocycles. The Kier molecular flexibility index (Phi) is 7.22. The van der Waals surface area contributed by atoms with Gasteiger partial charge < -0.3 is 19.8 Å². The Balaban J connectivity index is 1.66. The van der Waals surface area contributed by atoms with Crippen molar-refractivity contribution in [3.63, 3.8) is 0 Å². The SMILES string of the molecule is CCCCOC(=O)NCC(C)c1ccc(-c2c(OC)cc(C)c3[nH]c(=O)c4sccc4c23)cc1. The summed E-state index contributed by atoms with van der Waals surface area (Å²) in [6, 6.07) is 12.3. The minimum Gasteiger partial charge on any atom is -0.496 e. The van der Waals surface area contributed by atoms with Crippen LogP contribution in [0.15, 0.2) is 46.6 Å². The van der Waals surface area contributed by atoms with Crippen LogP contribution in [-0.4, -0.2) is 31.3 Å². The number of unbranched alkanes of at least 4 members (excludes halogenated alkanes) is 1. The number of pyridine rings is 1. The van der Waals surface area contributed by atoms with E-state index in [0.717, 1.165) is 57.1 Å². The molecule has 7 heteroatoms. The summed E-state index contributed by atoms with van der Waals surface area (Å²) in [4.78, 5) is 27.5. The van der Waals surface area contributed by atoms with Gasteiger partial charge in [-0.2, -0.15) is 0 Å². The van der Waals surface area contributed by atoms with Crippen molar-refractivity contribution in [2.75, 3.05) is 20.3 Å².